The second-order valence-corrected chi connectivity index (χ2v) is 3.93. The topological polar surface area (TPSA) is 54.0 Å². The van der Waals surface area contributed by atoms with Crippen LogP contribution >= 0.6 is 0 Å². The van der Waals surface area contributed by atoms with Crippen LogP contribution in [-0.2, 0) is 9.47 Å². The Kier molecular flexibility index (Phi) is 6.92. The molecule has 0 aromatic heterocycles. The minimum atomic E-state index is -0.0335. The van der Waals surface area contributed by atoms with Crippen molar-refractivity contribution in [1.29, 1.82) is 0 Å². The summed E-state index contributed by atoms with van der Waals surface area (Å²) in [5, 5.41) is 0. The number of hydrogen-bond donors (Lipinski definition) is 0. The first-order chi connectivity index (χ1) is 9.17. The normalized spacial score (nSPS) is 10.3. The molecule has 0 aliphatic carbocycles. The van der Waals surface area contributed by atoms with Crippen LogP contribution in [0.25, 0.3) is 0 Å². The number of methoxy groups -OCH3 is 2. The Bertz CT molecular complexity index is 375. The van der Waals surface area contributed by atoms with Gasteiger partial charge in [-0.1, -0.05) is 0 Å². The molecule has 5 nitrogen and oxygen atoms in total. The van der Waals surface area contributed by atoms with Crippen LogP contribution in [-0.4, -0.2) is 46.4 Å². The van der Waals surface area contributed by atoms with Gasteiger partial charge < -0.3 is 18.9 Å². The Morgan fingerprint density at radius 3 is 1.74 bits per heavy atom. The van der Waals surface area contributed by atoms with Gasteiger partial charge in [-0.25, -0.2) is 0 Å². The zero-order valence-corrected chi connectivity index (χ0v) is 11.6. The van der Waals surface area contributed by atoms with E-state index in [4.69, 9.17) is 18.9 Å². The molecule has 0 fully saturated rings. The molecule has 1 rings (SSSR count). The maximum atomic E-state index is 11.4. The molecule has 0 radical (unpaired) electrons. The summed E-state index contributed by atoms with van der Waals surface area (Å²) in [4.78, 5) is 11.4. The van der Waals surface area contributed by atoms with Gasteiger partial charge in [-0.2, -0.15) is 0 Å². The van der Waals surface area contributed by atoms with E-state index in [1.165, 1.54) is 6.92 Å². The molecule has 0 saturated heterocycles. The molecule has 1 aromatic carbocycles. The van der Waals surface area contributed by atoms with Gasteiger partial charge in [0.15, 0.2) is 5.78 Å². The third-order valence-electron chi connectivity index (χ3n) is 2.40. The Morgan fingerprint density at radius 1 is 0.895 bits per heavy atom. The van der Waals surface area contributed by atoms with E-state index in [1.807, 2.05) is 0 Å². The SMILES string of the molecule is COCCOc1cc(OCCOC)cc(C(C)=O)c1. The molecule has 0 spiro atoms. The van der Waals surface area contributed by atoms with E-state index < -0.39 is 0 Å². The van der Waals surface area contributed by atoms with Crippen molar-refractivity contribution in [2.45, 2.75) is 6.92 Å². The minimum Gasteiger partial charge on any atom is -0.491 e. The Hall–Kier alpha value is -1.59. The van der Waals surface area contributed by atoms with E-state index in [-0.39, 0.29) is 5.78 Å². The summed E-state index contributed by atoms with van der Waals surface area (Å²) in [6.45, 7) is 3.34. The van der Waals surface area contributed by atoms with Crippen molar-refractivity contribution >= 4 is 5.78 Å². The molecule has 0 aliphatic heterocycles. The Morgan fingerprint density at radius 2 is 1.37 bits per heavy atom. The third kappa shape index (κ3) is 5.72. The number of hydrogen-bond acceptors (Lipinski definition) is 5. The quantitative estimate of drug-likeness (QED) is 0.506. The maximum Gasteiger partial charge on any atom is 0.160 e. The fraction of sp³-hybridized carbons (Fsp3) is 0.500. The van der Waals surface area contributed by atoms with Crippen molar-refractivity contribution in [3.05, 3.63) is 23.8 Å². The van der Waals surface area contributed by atoms with Crippen molar-refractivity contribution in [1.82, 2.24) is 0 Å². The van der Waals surface area contributed by atoms with Crippen LogP contribution in [0.5, 0.6) is 11.5 Å². The van der Waals surface area contributed by atoms with Crippen LogP contribution in [0.1, 0.15) is 17.3 Å². The first-order valence-electron chi connectivity index (χ1n) is 6.07. The van der Waals surface area contributed by atoms with Gasteiger partial charge in [0.25, 0.3) is 0 Å². The number of ketones is 1. The molecule has 1 aromatic rings. The van der Waals surface area contributed by atoms with Gasteiger partial charge in [0, 0.05) is 25.8 Å². The monoisotopic (exact) mass is 268 g/mol. The van der Waals surface area contributed by atoms with E-state index in [1.54, 1.807) is 32.4 Å². The number of rotatable bonds is 9. The molecular formula is C14H20O5. The number of carbonyl (C=O) groups excluding carboxylic acids is 1. The molecule has 106 valence electrons. The highest BCUT2D eigenvalue weighted by atomic mass is 16.5. The van der Waals surface area contributed by atoms with Gasteiger partial charge in [0.1, 0.15) is 24.7 Å². The average Bonchev–Trinajstić information content (AvgIpc) is 2.39. The lowest BCUT2D eigenvalue weighted by Crippen LogP contribution is -2.07. The summed E-state index contributed by atoms with van der Waals surface area (Å²) in [5.41, 5.74) is 0.558. The smallest absolute Gasteiger partial charge is 0.160 e. The molecule has 0 N–H and O–H groups in total. The number of carbonyl (C=O) groups is 1. The van der Waals surface area contributed by atoms with E-state index in [9.17, 15) is 4.79 Å². The van der Waals surface area contributed by atoms with Crippen LogP contribution in [0.2, 0.25) is 0 Å². The van der Waals surface area contributed by atoms with Gasteiger partial charge in [-0.05, 0) is 19.1 Å². The lowest BCUT2D eigenvalue weighted by atomic mass is 10.1. The van der Waals surface area contributed by atoms with Gasteiger partial charge in [0.05, 0.1) is 13.2 Å². The van der Waals surface area contributed by atoms with Gasteiger partial charge in [-0.3, -0.25) is 4.79 Å². The average molecular weight is 268 g/mol. The van der Waals surface area contributed by atoms with Crippen LogP contribution in [0.3, 0.4) is 0 Å². The summed E-state index contributed by atoms with van der Waals surface area (Å²) in [6, 6.07) is 5.14. The van der Waals surface area contributed by atoms with E-state index >= 15 is 0 Å². The van der Waals surface area contributed by atoms with Crippen molar-refractivity contribution in [3.63, 3.8) is 0 Å². The molecule has 0 heterocycles. The molecule has 0 aliphatic rings. The summed E-state index contributed by atoms with van der Waals surface area (Å²) >= 11 is 0. The van der Waals surface area contributed by atoms with Gasteiger partial charge in [-0.15, -0.1) is 0 Å². The van der Waals surface area contributed by atoms with Crippen LogP contribution < -0.4 is 9.47 Å². The highest BCUT2D eigenvalue weighted by Crippen LogP contribution is 2.23. The van der Waals surface area contributed by atoms with E-state index in [0.717, 1.165) is 0 Å². The van der Waals surface area contributed by atoms with E-state index in [0.29, 0.717) is 43.5 Å². The highest BCUT2D eigenvalue weighted by molar-refractivity contribution is 5.94. The van der Waals surface area contributed by atoms with Crippen molar-refractivity contribution in [2.75, 3.05) is 40.6 Å². The lowest BCUT2D eigenvalue weighted by molar-refractivity contribution is 0.101. The maximum absolute atomic E-state index is 11.4. The molecule has 0 amide bonds. The van der Waals surface area contributed by atoms with Crippen molar-refractivity contribution < 1.29 is 23.7 Å². The zero-order chi connectivity index (χ0) is 14.1. The summed E-state index contributed by atoms with van der Waals surface area (Å²) in [5.74, 6) is 1.16. The second kappa shape index (κ2) is 8.50. The number of benzene rings is 1. The Labute approximate surface area is 113 Å². The first kappa shape index (κ1) is 15.5. The zero-order valence-electron chi connectivity index (χ0n) is 11.6. The van der Waals surface area contributed by atoms with Crippen LogP contribution in [0.15, 0.2) is 18.2 Å². The fourth-order valence-electron chi connectivity index (χ4n) is 1.43. The number of ether oxygens (including phenoxy) is 4. The molecule has 0 unspecified atom stereocenters. The predicted octanol–water partition coefficient (Wildman–Crippen LogP) is 1.94. The standard InChI is InChI=1S/C14H20O5/c1-11(15)12-8-13(18-6-4-16-2)10-14(9-12)19-7-5-17-3/h8-10H,4-7H2,1-3H3. The minimum absolute atomic E-state index is 0.0335. The van der Waals surface area contributed by atoms with Crippen molar-refractivity contribution in [3.8, 4) is 11.5 Å². The molecule has 5 heteroatoms. The van der Waals surface area contributed by atoms with Gasteiger partial charge >= 0.3 is 0 Å². The summed E-state index contributed by atoms with van der Waals surface area (Å²) < 4.78 is 20.8. The highest BCUT2D eigenvalue weighted by Gasteiger charge is 2.07. The molecular weight excluding hydrogens is 248 g/mol. The van der Waals surface area contributed by atoms with Crippen LogP contribution in [0, 0.1) is 0 Å². The third-order valence-corrected chi connectivity index (χ3v) is 2.40. The fourth-order valence-corrected chi connectivity index (χ4v) is 1.43. The predicted molar refractivity (Wildman–Crippen MR) is 71.2 cm³/mol. The lowest BCUT2D eigenvalue weighted by Gasteiger charge is -2.11. The Balaban J connectivity index is 2.75. The summed E-state index contributed by atoms with van der Waals surface area (Å²) in [6.07, 6.45) is 0. The largest absolute Gasteiger partial charge is 0.491 e. The molecule has 0 atom stereocenters. The number of Topliss-reactive ketones (excluding diaryl/α,β-unsaturated/α-hetero) is 1. The van der Waals surface area contributed by atoms with Gasteiger partial charge in [0.2, 0.25) is 0 Å². The summed E-state index contributed by atoms with van der Waals surface area (Å²) in [7, 11) is 3.21. The first-order valence-corrected chi connectivity index (χ1v) is 6.07. The molecule has 0 saturated carbocycles. The van der Waals surface area contributed by atoms with Crippen molar-refractivity contribution in [2.24, 2.45) is 0 Å². The van der Waals surface area contributed by atoms with Crippen LogP contribution in [0.4, 0.5) is 0 Å². The molecule has 0 bridgehead atoms. The second-order valence-electron chi connectivity index (χ2n) is 3.93. The molecule has 19 heavy (non-hydrogen) atoms. The van der Waals surface area contributed by atoms with E-state index in [2.05, 4.69) is 0 Å².